The number of aliphatic hydroxyl groups is 1. The fraction of sp³-hybridized carbons (Fsp3) is 0.500. The summed E-state index contributed by atoms with van der Waals surface area (Å²) in [7, 11) is -3.32. The molecule has 1 amide bonds. The number of carbonyl (C=O) groups is 1. The van der Waals surface area contributed by atoms with E-state index in [-0.39, 0.29) is 29.3 Å². The van der Waals surface area contributed by atoms with Gasteiger partial charge in [0.1, 0.15) is 6.10 Å². The quantitative estimate of drug-likeness (QED) is 0.423. The molecule has 9 heteroatoms. The van der Waals surface area contributed by atoms with Crippen LogP contribution in [-0.4, -0.2) is 47.4 Å². The maximum atomic E-state index is 13.1. The first-order valence-electron chi connectivity index (χ1n) is 13.2. The summed E-state index contributed by atoms with van der Waals surface area (Å²) in [5.41, 5.74) is 2.75. The van der Waals surface area contributed by atoms with Gasteiger partial charge in [-0.1, -0.05) is 26.0 Å². The van der Waals surface area contributed by atoms with Gasteiger partial charge in [-0.3, -0.25) is 9.36 Å². The maximum Gasteiger partial charge on any atom is 0.297 e. The zero-order chi connectivity index (χ0) is 26.2. The fourth-order valence-electron chi connectivity index (χ4n) is 5.03. The van der Waals surface area contributed by atoms with E-state index in [9.17, 15) is 18.3 Å². The van der Waals surface area contributed by atoms with Crippen LogP contribution in [0.15, 0.2) is 47.4 Å². The SMILES string of the molecule is CCS(=O)(=O)c1ccc([C@H](CO)NC(=O)c2ccc3c(c2)nc(OC2CCC(C)CC2)n3C2CC2)cc1. The molecule has 1 heterocycles. The van der Waals surface area contributed by atoms with Gasteiger partial charge in [-0.05, 0) is 80.3 Å². The maximum absolute atomic E-state index is 13.1. The molecular weight excluding hydrogens is 490 g/mol. The first-order chi connectivity index (χ1) is 17.8. The van der Waals surface area contributed by atoms with Crippen molar-refractivity contribution in [2.45, 2.75) is 75.5 Å². The summed E-state index contributed by atoms with van der Waals surface area (Å²) in [5.74, 6) is 0.419. The Morgan fingerprint density at radius 1 is 1.11 bits per heavy atom. The summed E-state index contributed by atoms with van der Waals surface area (Å²) in [5, 5.41) is 12.8. The molecule has 0 aliphatic heterocycles. The van der Waals surface area contributed by atoms with E-state index >= 15 is 0 Å². The van der Waals surface area contributed by atoms with Crippen molar-refractivity contribution in [2.24, 2.45) is 5.92 Å². The molecule has 0 radical (unpaired) electrons. The Hall–Kier alpha value is -2.91. The van der Waals surface area contributed by atoms with Crippen molar-refractivity contribution in [1.82, 2.24) is 14.9 Å². The number of sulfone groups is 1. The van der Waals surface area contributed by atoms with Crippen LogP contribution in [0, 0.1) is 5.92 Å². The summed E-state index contributed by atoms with van der Waals surface area (Å²) in [6.07, 6.45) is 6.79. The van der Waals surface area contributed by atoms with Gasteiger partial charge in [0, 0.05) is 11.6 Å². The molecule has 0 spiro atoms. The van der Waals surface area contributed by atoms with Gasteiger partial charge in [0.15, 0.2) is 9.84 Å². The van der Waals surface area contributed by atoms with Gasteiger partial charge < -0.3 is 15.2 Å². The number of amides is 1. The van der Waals surface area contributed by atoms with Crippen molar-refractivity contribution in [2.75, 3.05) is 12.4 Å². The second-order valence-corrected chi connectivity index (χ2v) is 12.7. The lowest BCUT2D eigenvalue weighted by molar-refractivity contribution is 0.0916. The highest BCUT2D eigenvalue weighted by Crippen LogP contribution is 2.42. The summed E-state index contributed by atoms with van der Waals surface area (Å²) in [6, 6.07) is 12.1. The highest BCUT2D eigenvalue weighted by atomic mass is 32.2. The Bertz CT molecular complexity index is 1370. The second kappa shape index (κ2) is 10.5. The number of carbonyl (C=O) groups excluding carboxylic acids is 1. The van der Waals surface area contributed by atoms with E-state index in [1.165, 1.54) is 25.0 Å². The Kier molecular flexibility index (Phi) is 7.27. The molecule has 1 aromatic heterocycles. The van der Waals surface area contributed by atoms with Crippen LogP contribution in [0.2, 0.25) is 0 Å². The minimum atomic E-state index is -3.32. The van der Waals surface area contributed by atoms with Gasteiger partial charge >= 0.3 is 0 Å². The molecule has 2 aromatic carbocycles. The molecule has 198 valence electrons. The molecule has 0 bridgehead atoms. The fourth-order valence-corrected chi connectivity index (χ4v) is 5.92. The van der Waals surface area contributed by atoms with Gasteiger partial charge in [0.25, 0.3) is 11.9 Å². The third-order valence-electron chi connectivity index (χ3n) is 7.58. The number of aliphatic hydroxyl groups excluding tert-OH is 1. The monoisotopic (exact) mass is 525 g/mol. The van der Waals surface area contributed by atoms with Crippen molar-refractivity contribution in [1.29, 1.82) is 0 Å². The minimum absolute atomic E-state index is 0.0120. The normalized spacial score (nSPS) is 21.1. The van der Waals surface area contributed by atoms with Crippen LogP contribution in [0.25, 0.3) is 11.0 Å². The number of ether oxygens (including phenoxy) is 1. The number of hydrogen-bond acceptors (Lipinski definition) is 6. The van der Waals surface area contributed by atoms with E-state index in [0.717, 1.165) is 37.1 Å². The van der Waals surface area contributed by atoms with Crippen molar-refractivity contribution in [3.63, 3.8) is 0 Å². The molecule has 2 fully saturated rings. The average Bonchev–Trinajstić information content (AvgIpc) is 3.68. The Morgan fingerprint density at radius 2 is 1.81 bits per heavy atom. The lowest BCUT2D eigenvalue weighted by atomic mass is 9.89. The van der Waals surface area contributed by atoms with Crippen molar-refractivity contribution < 1.29 is 23.1 Å². The third kappa shape index (κ3) is 5.52. The van der Waals surface area contributed by atoms with E-state index in [1.54, 1.807) is 31.2 Å². The molecule has 8 nitrogen and oxygen atoms in total. The largest absolute Gasteiger partial charge is 0.461 e. The molecule has 2 aliphatic carbocycles. The summed E-state index contributed by atoms with van der Waals surface area (Å²) < 4.78 is 32.7. The molecule has 2 aliphatic rings. The number of aromatic nitrogens is 2. The molecule has 3 aromatic rings. The zero-order valence-corrected chi connectivity index (χ0v) is 22.2. The molecule has 0 unspecified atom stereocenters. The van der Waals surface area contributed by atoms with Gasteiger partial charge in [-0.25, -0.2) is 8.42 Å². The van der Waals surface area contributed by atoms with Crippen LogP contribution in [0.1, 0.15) is 80.4 Å². The van der Waals surface area contributed by atoms with Crippen molar-refractivity contribution in [3.05, 3.63) is 53.6 Å². The first-order valence-corrected chi connectivity index (χ1v) is 14.9. The van der Waals surface area contributed by atoms with Crippen molar-refractivity contribution >= 4 is 26.8 Å². The van der Waals surface area contributed by atoms with Crippen LogP contribution in [0.4, 0.5) is 0 Å². The minimum Gasteiger partial charge on any atom is -0.461 e. The molecule has 0 saturated heterocycles. The Morgan fingerprint density at radius 3 is 2.43 bits per heavy atom. The van der Waals surface area contributed by atoms with Gasteiger partial charge in [-0.2, -0.15) is 4.98 Å². The van der Waals surface area contributed by atoms with Crippen molar-refractivity contribution in [3.8, 4) is 6.01 Å². The van der Waals surface area contributed by atoms with Gasteiger partial charge in [-0.15, -0.1) is 0 Å². The number of nitrogens with one attached hydrogen (secondary N) is 1. The standard InChI is InChI=1S/C28H35N3O5S/c1-3-37(34,35)23-13-6-19(7-14-23)25(17-32)29-27(33)20-8-15-26-24(16-20)30-28(31(26)21-9-10-21)36-22-11-4-18(2)5-12-22/h6-8,13-16,18,21-22,25,32H,3-5,9-12,17H2,1-2H3,(H,29,33)/t18?,22?,25-/m0/s1. The van der Waals surface area contributed by atoms with E-state index < -0.39 is 15.9 Å². The smallest absolute Gasteiger partial charge is 0.297 e. The number of nitrogens with zero attached hydrogens (tertiary/aromatic N) is 2. The predicted octanol–water partition coefficient (Wildman–Crippen LogP) is 4.59. The number of hydrogen-bond donors (Lipinski definition) is 2. The van der Waals surface area contributed by atoms with Crippen LogP contribution < -0.4 is 10.1 Å². The van der Waals surface area contributed by atoms with Crippen LogP contribution in [0.3, 0.4) is 0 Å². The molecule has 37 heavy (non-hydrogen) atoms. The highest BCUT2D eigenvalue weighted by molar-refractivity contribution is 7.91. The summed E-state index contributed by atoms with van der Waals surface area (Å²) in [6.45, 7) is 3.56. The highest BCUT2D eigenvalue weighted by Gasteiger charge is 2.31. The zero-order valence-electron chi connectivity index (χ0n) is 21.4. The predicted molar refractivity (Wildman–Crippen MR) is 142 cm³/mol. The van der Waals surface area contributed by atoms with Crippen LogP contribution >= 0.6 is 0 Å². The van der Waals surface area contributed by atoms with Gasteiger partial charge in [0.2, 0.25) is 0 Å². The number of rotatable bonds is 9. The molecular formula is C28H35N3O5S. The average molecular weight is 526 g/mol. The van der Waals surface area contributed by atoms with E-state index in [2.05, 4.69) is 16.8 Å². The van der Waals surface area contributed by atoms with Crippen LogP contribution in [0.5, 0.6) is 6.01 Å². The topological polar surface area (TPSA) is 111 Å². The van der Waals surface area contributed by atoms with Gasteiger partial charge in [0.05, 0.1) is 34.3 Å². The van der Waals surface area contributed by atoms with E-state index in [4.69, 9.17) is 9.72 Å². The van der Waals surface area contributed by atoms with E-state index in [1.807, 2.05) is 6.07 Å². The molecule has 2 saturated carbocycles. The van der Waals surface area contributed by atoms with Crippen LogP contribution in [-0.2, 0) is 9.84 Å². The van der Waals surface area contributed by atoms with E-state index in [0.29, 0.717) is 28.7 Å². The number of fused-ring (bicyclic) bond motifs is 1. The third-order valence-corrected chi connectivity index (χ3v) is 9.33. The summed E-state index contributed by atoms with van der Waals surface area (Å²) >= 11 is 0. The molecule has 1 atom stereocenters. The Labute approximate surface area is 218 Å². The first kappa shape index (κ1) is 25.7. The molecule has 5 rings (SSSR count). The molecule has 2 N–H and O–H groups in total. The lowest BCUT2D eigenvalue weighted by Gasteiger charge is -2.26. The number of imidazole rings is 1. The second-order valence-electron chi connectivity index (χ2n) is 10.4. The Balaban J connectivity index is 1.34. The lowest BCUT2D eigenvalue weighted by Crippen LogP contribution is -2.30. The number of benzene rings is 2. The summed E-state index contributed by atoms with van der Waals surface area (Å²) in [4.78, 5) is 18.1.